The molecule has 0 aliphatic carbocycles. The highest BCUT2D eigenvalue weighted by molar-refractivity contribution is 5.85. The molecule has 0 spiro atoms. The fourth-order valence-electron chi connectivity index (χ4n) is 0.889. The Kier molecular flexibility index (Phi) is 2.50. The Hall–Kier alpha value is -1.19. The Bertz CT molecular complexity index is 309. The molecule has 0 aliphatic heterocycles. The molecule has 0 amide bonds. The van der Waals surface area contributed by atoms with Gasteiger partial charge in [0.1, 0.15) is 17.9 Å². The Labute approximate surface area is 78.0 Å². The molecular weight excluding hydrogens is 166 g/mol. The van der Waals surface area contributed by atoms with Crippen LogP contribution in [0.1, 0.15) is 26.6 Å². The van der Waals surface area contributed by atoms with E-state index in [0.29, 0.717) is 6.42 Å². The van der Waals surface area contributed by atoms with Crippen LogP contribution in [-0.4, -0.2) is 20.5 Å². The Morgan fingerprint density at radius 3 is 2.54 bits per heavy atom. The first-order valence-corrected chi connectivity index (χ1v) is 4.27. The van der Waals surface area contributed by atoms with Gasteiger partial charge in [-0.25, -0.2) is 4.98 Å². The number of aryl methyl sites for hydroxylation is 1. The zero-order valence-electron chi connectivity index (χ0n) is 8.53. The molecule has 1 rings (SSSR count). The predicted molar refractivity (Wildman–Crippen MR) is 49.2 cm³/mol. The van der Waals surface area contributed by atoms with Gasteiger partial charge in [-0.05, 0) is 0 Å². The van der Waals surface area contributed by atoms with E-state index in [1.165, 1.54) is 6.33 Å². The second kappa shape index (κ2) is 3.28. The molecule has 1 aromatic heterocycles. The number of rotatable bonds is 2. The maximum Gasteiger partial charge on any atom is 0.145 e. The summed E-state index contributed by atoms with van der Waals surface area (Å²) in [6, 6.07) is 0. The van der Waals surface area contributed by atoms with Crippen molar-refractivity contribution in [3.8, 4) is 0 Å². The van der Waals surface area contributed by atoms with E-state index in [-0.39, 0.29) is 11.2 Å². The molecular formula is C9H15N3O. The molecule has 4 nitrogen and oxygen atoms in total. The van der Waals surface area contributed by atoms with E-state index in [1.54, 1.807) is 11.7 Å². The molecule has 0 saturated heterocycles. The van der Waals surface area contributed by atoms with Crippen molar-refractivity contribution in [2.45, 2.75) is 27.2 Å². The molecule has 0 radical (unpaired) electrons. The molecule has 1 aromatic rings. The average Bonchev–Trinajstić information content (AvgIpc) is 2.34. The summed E-state index contributed by atoms with van der Waals surface area (Å²) >= 11 is 0. The smallest absolute Gasteiger partial charge is 0.145 e. The Morgan fingerprint density at radius 1 is 1.54 bits per heavy atom. The standard InChI is InChI=1S/C9H15N3O/c1-9(2,3)7(13)5-8-10-6-11-12(8)4/h6H,5H2,1-4H3. The van der Waals surface area contributed by atoms with Crippen LogP contribution in [-0.2, 0) is 18.3 Å². The van der Waals surface area contributed by atoms with Gasteiger partial charge in [0.25, 0.3) is 0 Å². The zero-order chi connectivity index (χ0) is 10.1. The summed E-state index contributed by atoms with van der Waals surface area (Å²) < 4.78 is 1.63. The van der Waals surface area contributed by atoms with Crippen LogP contribution in [0.25, 0.3) is 0 Å². The third kappa shape index (κ3) is 2.37. The Balaban J connectivity index is 2.71. The number of carbonyl (C=O) groups excluding carboxylic acids is 1. The maximum absolute atomic E-state index is 11.6. The monoisotopic (exact) mass is 181 g/mol. The topological polar surface area (TPSA) is 47.8 Å². The molecule has 0 saturated carbocycles. The van der Waals surface area contributed by atoms with Crippen molar-refractivity contribution < 1.29 is 4.79 Å². The highest BCUT2D eigenvalue weighted by atomic mass is 16.1. The molecule has 0 fully saturated rings. The number of aromatic nitrogens is 3. The number of ketones is 1. The van der Waals surface area contributed by atoms with E-state index in [2.05, 4.69) is 10.1 Å². The molecule has 13 heavy (non-hydrogen) atoms. The van der Waals surface area contributed by atoms with Crippen molar-refractivity contribution in [1.29, 1.82) is 0 Å². The molecule has 72 valence electrons. The molecule has 0 N–H and O–H groups in total. The maximum atomic E-state index is 11.6. The van der Waals surface area contributed by atoms with E-state index < -0.39 is 0 Å². The van der Waals surface area contributed by atoms with Crippen molar-refractivity contribution >= 4 is 5.78 Å². The van der Waals surface area contributed by atoms with E-state index in [0.717, 1.165) is 5.82 Å². The highest BCUT2D eigenvalue weighted by Gasteiger charge is 2.22. The van der Waals surface area contributed by atoms with Crippen LogP contribution in [0.15, 0.2) is 6.33 Å². The predicted octanol–water partition coefficient (Wildman–Crippen LogP) is 0.973. The molecule has 4 heteroatoms. The number of carbonyl (C=O) groups is 1. The molecule has 1 heterocycles. The lowest BCUT2D eigenvalue weighted by Gasteiger charge is -2.15. The first-order valence-electron chi connectivity index (χ1n) is 4.27. The summed E-state index contributed by atoms with van der Waals surface area (Å²) in [5.41, 5.74) is -0.300. The fourth-order valence-corrected chi connectivity index (χ4v) is 0.889. The highest BCUT2D eigenvalue weighted by Crippen LogP contribution is 2.16. The third-order valence-electron chi connectivity index (χ3n) is 1.96. The van der Waals surface area contributed by atoms with Gasteiger partial charge in [-0.2, -0.15) is 5.10 Å². The minimum Gasteiger partial charge on any atom is -0.299 e. The largest absolute Gasteiger partial charge is 0.299 e. The van der Waals surface area contributed by atoms with Gasteiger partial charge in [0.05, 0.1) is 6.42 Å². The summed E-state index contributed by atoms with van der Waals surface area (Å²) in [4.78, 5) is 15.6. The van der Waals surface area contributed by atoms with Gasteiger partial charge in [0.2, 0.25) is 0 Å². The van der Waals surface area contributed by atoms with Crippen molar-refractivity contribution in [2.24, 2.45) is 12.5 Å². The van der Waals surface area contributed by atoms with Gasteiger partial charge >= 0.3 is 0 Å². The van der Waals surface area contributed by atoms with Gasteiger partial charge in [0.15, 0.2) is 0 Å². The third-order valence-corrected chi connectivity index (χ3v) is 1.96. The lowest BCUT2D eigenvalue weighted by atomic mass is 9.89. The van der Waals surface area contributed by atoms with E-state index >= 15 is 0 Å². The van der Waals surface area contributed by atoms with E-state index in [9.17, 15) is 4.79 Å². The normalized spacial score (nSPS) is 11.7. The molecule has 0 bridgehead atoms. The molecule has 0 aliphatic rings. The second-order valence-electron chi connectivity index (χ2n) is 4.15. The lowest BCUT2D eigenvalue weighted by molar-refractivity contribution is -0.125. The number of hydrogen-bond donors (Lipinski definition) is 0. The summed E-state index contributed by atoms with van der Waals surface area (Å²) in [6.07, 6.45) is 1.82. The van der Waals surface area contributed by atoms with Crippen LogP contribution in [0.2, 0.25) is 0 Å². The van der Waals surface area contributed by atoms with Crippen LogP contribution >= 0.6 is 0 Å². The zero-order valence-corrected chi connectivity index (χ0v) is 8.53. The second-order valence-corrected chi connectivity index (χ2v) is 4.15. The number of nitrogens with zero attached hydrogens (tertiary/aromatic N) is 3. The minimum atomic E-state index is -0.300. The first-order chi connectivity index (χ1) is 5.91. The number of hydrogen-bond acceptors (Lipinski definition) is 3. The summed E-state index contributed by atoms with van der Waals surface area (Å²) in [5, 5.41) is 3.91. The van der Waals surface area contributed by atoms with Gasteiger partial charge < -0.3 is 0 Å². The van der Waals surface area contributed by atoms with Crippen molar-refractivity contribution in [3.05, 3.63) is 12.2 Å². The first kappa shape index (κ1) is 9.89. The molecule has 0 atom stereocenters. The van der Waals surface area contributed by atoms with Crippen molar-refractivity contribution in [1.82, 2.24) is 14.8 Å². The van der Waals surface area contributed by atoms with E-state index in [1.807, 2.05) is 20.8 Å². The molecule has 0 unspecified atom stereocenters. The minimum absolute atomic E-state index is 0.184. The summed E-state index contributed by atoms with van der Waals surface area (Å²) in [7, 11) is 1.79. The Morgan fingerprint density at radius 2 is 2.15 bits per heavy atom. The fraction of sp³-hybridized carbons (Fsp3) is 0.667. The number of Topliss-reactive ketones (excluding diaryl/α,β-unsaturated/α-hetero) is 1. The van der Waals surface area contributed by atoms with Gasteiger partial charge in [-0.1, -0.05) is 20.8 Å². The van der Waals surface area contributed by atoms with Crippen molar-refractivity contribution in [2.75, 3.05) is 0 Å². The summed E-state index contributed by atoms with van der Waals surface area (Å²) in [6.45, 7) is 5.73. The van der Waals surface area contributed by atoms with Crippen molar-refractivity contribution in [3.63, 3.8) is 0 Å². The quantitative estimate of drug-likeness (QED) is 0.683. The van der Waals surface area contributed by atoms with Crippen LogP contribution < -0.4 is 0 Å². The van der Waals surface area contributed by atoms with Crippen LogP contribution in [0.5, 0.6) is 0 Å². The van der Waals surface area contributed by atoms with Crippen LogP contribution in [0.3, 0.4) is 0 Å². The van der Waals surface area contributed by atoms with E-state index in [4.69, 9.17) is 0 Å². The SMILES string of the molecule is Cn1ncnc1CC(=O)C(C)(C)C. The van der Waals surface area contributed by atoms with Gasteiger partial charge in [0, 0.05) is 12.5 Å². The summed E-state index contributed by atoms with van der Waals surface area (Å²) in [5.74, 6) is 0.906. The lowest BCUT2D eigenvalue weighted by Crippen LogP contribution is -2.23. The van der Waals surface area contributed by atoms with Crippen LogP contribution in [0.4, 0.5) is 0 Å². The van der Waals surface area contributed by atoms with Gasteiger partial charge in [-0.3, -0.25) is 9.48 Å². The van der Waals surface area contributed by atoms with Crippen LogP contribution in [0, 0.1) is 5.41 Å². The molecule has 0 aromatic carbocycles. The van der Waals surface area contributed by atoms with Gasteiger partial charge in [-0.15, -0.1) is 0 Å². The average molecular weight is 181 g/mol.